The molecular formula is C14H4BrCl2F6N3O4. The van der Waals surface area contributed by atoms with Gasteiger partial charge in [0.15, 0.2) is 5.69 Å². The minimum absolute atomic E-state index is 0.0381. The van der Waals surface area contributed by atoms with Gasteiger partial charge in [0.25, 0.3) is 0 Å². The molecule has 2 aromatic carbocycles. The molecule has 0 heterocycles. The first-order valence-corrected chi connectivity index (χ1v) is 8.66. The van der Waals surface area contributed by atoms with Crippen LogP contribution in [-0.4, -0.2) is 9.85 Å². The van der Waals surface area contributed by atoms with Gasteiger partial charge in [-0.3, -0.25) is 20.2 Å². The lowest BCUT2D eigenvalue weighted by Gasteiger charge is -2.16. The maximum Gasteiger partial charge on any atom is 0.418 e. The number of nitrogens with one attached hydrogen (secondary N) is 1. The van der Waals surface area contributed by atoms with Gasteiger partial charge in [0.2, 0.25) is 0 Å². The van der Waals surface area contributed by atoms with Crippen LogP contribution < -0.4 is 5.32 Å². The molecule has 2 rings (SSSR count). The summed E-state index contributed by atoms with van der Waals surface area (Å²) < 4.78 is 77.4. The van der Waals surface area contributed by atoms with Crippen LogP contribution in [0, 0.1) is 20.2 Å². The van der Waals surface area contributed by atoms with Gasteiger partial charge in [-0.25, -0.2) is 0 Å². The number of hydrogen-bond donors (Lipinski definition) is 1. The molecule has 0 aliphatic heterocycles. The van der Waals surface area contributed by atoms with Gasteiger partial charge in [-0.05, 0) is 28.1 Å². The van der Waals surface area contributed by atoms with E-state index in [1.165, 1.54) is 0 Å². The van der Waals surface area contributed by atoms with Crippen LogP contribution in [0.15, 0.2) is 22.7 Å². The van der Waals surface area contributed by atoms with Crippen LogP contribution in [0.2, 0.25) is 10.0 Å². The van der Waals surface area contributed by atoms with Crippen molar-refractivity contribution in [2.75, 3.05) is 5.32 Å². The highest BCUT2D eigenvalue weighted by Gasteiger charge is 2.42. The topological polar surface area (TPSA) is 98.3 Å². The normalized spacial score (nSPS) is 12.0. The lowest BCUT2D eigenvalue weighted by molar-refractivity contribution is -0.392. The number of benzene rings is 2. The van der Waals surface area contributed by atoms with Gasteiger partial charge in [-0.2, -0.15) is 26.3 Å². The SMILES string of the molecule is O=[N+]([O-])c1cc(C(F)(F)F)c(Cl)c([N+](=O)[O-])c1Nc1c(Cl)cc(C(F)(F)F)cc1Br. The zero-order valence-electron chi connectivity index (χ0n) is 13.7. The van der Waals surface area contributed by atoms with E-state index in [4.69, 9.17) is 23.2 Å². The van der Waals surface area contributed by atoms with Crippen molar-refractivity contribution in [1.82, 2.24) is 0 Å². The first kappa shape index (κ1) is 24.0. The standard InChI is InChI=1S/C14H4BrCl2F6N3O4/c15-6-1-4(13(18,19)20)2-7(16)10(6)24-11-8(25(27)28)3-5(14(21,22)23)9(17)12(11)26(29)30/h1-3,24H. The minimum Gasteiger partial charge on any atom is -0.342 e. The molecule has 0 unspecified atom stereocenters. The van der Waals surface area contributed by atoms with Crippen LogP contribution in [0.3, 0.4) is 0 Å². The number of hydrogen-bond acceptors (Lipinski definition) is 5. The Morgan fingerprint density at radius 3 is 1.87 bits per heavy atom. The van der Waals surface area contributed by atoms with Crippen molar-refractivity contribution in [3.05, 3.63) is 64.1 Å². The Hall–Kier alpha value is -2.32. The monoisotopic (exact) mass is 541 g/mol. The molecule has 2 aromatic rings. The number of rotatable bonds is 4. The van der Waals surface area contributed by atoms with Crippen molar-refractivity contribution < 1.29 is 36.2 Å². The summed E-state index contributed by atoms with van der Waals surface area (Å²) in [6.07, 6.45) is -10.1. The fourth-order valence-corrected chi connectivity index (χ4v) is 3.52. The van der Waals surface area contributed by atoms with E-state index in [2.05, 4.69) is 21.2 Å². The summed E-state index contributed by atoms with van der Waals surface area (Å²) in [6.45, 7) is 0. The molecule has 162 valence electrons. The summed E-state index contributed by atoms with van der Waals surface area (Å²) in [7, 11) is 0. The second-order valence-corrected chi connectivity index (χ2v) is 7.07. The highest BCUT2D eigenvalue weighted by atomic mass is 79.9. The van der Waals surface area contributed by atoms with Crippen LogP contribution >= 0.6 is 39.1 Å². The third-order valence-corrected chi connectivity index (χ3v) is 4.83. The van der Waals surface area contributed by atoms with Crippen LogP contribution in [0.1, 0.15) is 11.1 Å². The molecule has 0 saturated heterocycles. The molecule has 0 aromatic heterocycles. The highest BCUT2D eigenvalue weighted by molar-refractivity contribution is 9.10. The first-order chi connectivity index (χ1) is 13.6. The van der Waals surface area contributed by atoms with E-state index < -0.39 is 70.6 Å². The third-order valence-electron chi connectivity index (χ3n) is 3.52. The molecule has 7 nitrogen and oxygen atoms in total. The van der Waals surface area contributed by atoms with Crippen molar-refractivity contribution in [1.29, 1.82) is 0 Å². The second-order valence-electron chi connectivity index (χ2n) is 5.43. The van der Waals surface area contributed by atoms with Gasteiger partial charge in [0.1, 0.15) is 5.02 Å². The first-order valence-electron chi connectivity index (χ1n) is 7.11. The Balaban J connectivity index is 2.81. The van der Waals surface area contributed by atoms with Gasteiger partial charge in [0, 0.05) is 10.5 Å². The van der Waals surface area contributed by atoms with E-state index in [-0.39, 0.29) is 6.07 Å². The smallest absolute Gasteiger partial charge is 0.342 e. The predicted octanol–water partition coefficient (Wildman–Crippen LogP) is 7.35. The summed E-state index contributed by atoms with van der Waals surface area (Å²) in [6, 6.07) is 0.888. The maximum atomic E-state index is 13.1. The Labute approximate surface area is 180 Å². The number of halogens is 9. The van der Waals surface area contributed by atoms with Crippen molar-refractivity contribution in [3.63, 3.8) is 0 Å². The molecule has 0 fully saturated rings. The molecule has 0 saturated carbocycles. The highest BCUT2D eigenvalue weighted by Crippen LogP contribution is 2.50. The van der Waals surface area contributed by atoms with Crippen molar-refractivity contribution in [2.24, 2.45) is 0 Å². The Morgan fingerprint density at radius 2 is 1.47 bits per heavy atom. The summed E-state index contributed by atoms with van der Waals surface area (Å²) in [4.78, 5) is 19.9. The van der Waals surface area contributed by atoms with E-state index in [0.717, 1.165) is 0 Å². The Kier molecular flexibility index (Phi) is 6.45. The lowest BCUT2D eigenvalue weighted by Crippen LogP contribution is -2.11. The number of anilines is 2. The zero-order valence-corrected chi connectivity index (χ0v) is 16.8. The number of nitro benzene ring substituents is 2. The van der Waals surface area contributed by atoms with Crippen molar-refractivity contribution in [2.45, 2.75) is 12.4 Å². The molecular weight excluding hydrogens is 539 g/mol. The van der Waals surface area contributed by atoms with E-state index in [1.807, 2.05) is 0 Å². The summed E-state index contributed by atoms with van der Waals surface area (Å²) in [5, 5.41) is 22.5. The van der Waals surface area contributed by atoms with Gasteiger partial charge >= 0.3 is 23.7 Å². The molecule has 0 bridgehead atoms. The fourth-order valence-electron chi connectivity index (χ4n) is 2.26. The largest absolute Gasteiger partial charge is 0.418 e. The number of nitrogens with zero attached hydrogens (tertiary/aromatic N) is 2. The van der Waals surface area contributed by atoms with Crippen LogP contribution in [0.4, 0.5) is 49.1 Å². The van der Waals surface area contributed by atoms with Crippen molar-refractivity contribution >= 4 is 61.9 Å². The second kappa shape index (κ2) is 8.07. The molecule has 0 aliphatic carbocycles. The number of alkyl halides is 6. The van der Waals surface area contributed by atoms with E-state index in [1.54, 1.807) is 0 Å². The van der Waals surface area contributed by atoms with E-state index in [0.29, 0.717) is 12.1 Å². The predicted molar refractivity (Wildman–Crippen MR) is 97.2 cm³/mol. The average molecular weight is 543 g/mol. The summed E-state index contributed by atoms with van der Waals surface area (Å²) >= 11 is 14.0. The summed E-state index contributed by atoms with van der Waals surface area (Å²) in [5.41, 5.74) is -7.59. The van der Waals surface area contributed by atoms with Crippen LogP contribution in [0.25, 0.3) is 0 Å². The quantitative estimate of drug-likeness (QED) is 0.247. The maximum absolute atomic E-state index is 13.1. The van der Waals surface area contributed by atoms with Gasteiger partial charge in [0.05, 0.1) is 31.7 Å². The lowest BCUT2D eigenvalue weighted by atomic mass is 10.1. The van der Waals surface area contributed by atoms with Gasteiger partial charge in [-0.15, -0.1) is 0 Å². The molecule has 16 heteroatoms. The zero-order chi connectivity index (χ0) is 23.2. The van der Waals surface area contributed by atoms with Crippen LogP contribution in [0.5, 0.6) is 0 Å². The molecule has 0 amide bonds. The molecule has 0 radical (unpaired) electrons. The van der Waals surface area contributed by atoms with Crippen LogP contribution in [-0.2, 0) is 12.4 Å². The molecule has 1 N–H and O–H groups in total. The third kappa shape index (κ3) is 4.70. The van der Waals surface area contributed by atoms with Gasteiger partial charge < -0.3 is 5.32 Å². The van der Waals surface area contributed by atoms with E-state index in [9.17, 15) is 46.6 Å². The molecule has 30 heavy (non-hydrogen) atoms. The van der Waals surface area contributed by atoms with Crippen molar-refractivity contribution in [3.8, 4) is 0 Å². The molecule has 0 spiro atoms. The molecule has 0 atom stereocenters. The average Bonchev–Trinajstić information content (AvgIpc) is 2.55. The van der Waals surface area contributed by atoms with Gasteiger partial charge in [-0.1, -0.05) is 23.2 Å². The Bertz CT molecular complexity index is 1040. The molecule has 0 aliphatic rings. The van der Waals surface area contributed by atoms with E-state index >= 15 is 0 Å². The minimum atomic E-state index is -5.27. The number of nitro groups is 2. The Morgan fingerprint density at radius 1 is 0.900 bits per heavy atom. The fraction of sp³-hybridized carbons (Fsp3) is 0.143. The summed E-state index contributed by atoms with van der Waals surface area (Å²) in [5.74, 6) is 0.